The number of hydrogen-bond acceptors (Lipinski definition) is 3. The number of phenolic OH excluding ortho intramolecular Hbond substituents is 3. The van der Waals surface area contributed by atoms with Gasteiger partial charge in [-0.15, -0.1) is 0 Å². The molecule has 0 radical (unpaired) electrons. The van der Waals surface area contributed by atoms with Crippen LogP contribution >= 0.6 is 0 Å². The van der Waals surface area contributed by atoms with Crippen molar-refractivity contribution in [2.24, 2.45) is 0 Å². The third kappa shape index (κ3) is 3.50. The minimum Gasteiger partial charge on any atom is -0.508 e. The van der Waals surface area contributed by atoms with E-state index in [4.69, 9.17) is 0 Å². The van der Waals surface area contributed by atoms with Crippen LogP contribution < -0.4 is 0 Å². The molecule has 0 aliphatic heterocycles. The number of phenols is 3. The first-order valence-corrected chi connectivity index (χ1v) is 9.08. The van der Waals surface area contributed by atoms with Gasteiger partial charge < -0.3 is 15.3 Å². The molecule has 3 rings (SSSR count). The topological polar surface area (TPSA) is 60.7 Å². The highest BCUT2D eigenvalue weighted by Gasteiger charge is 2.25. The minimum atomic E-state index is -0.205. The number of hydrogen-bond donors (Lipinski definition) is 3. The van der Waals surface area contributed by atoms with Crippen LogP contribution in [0.3, 0.4) is 0 Å². The fourth-order valence-corrected chi connectivity index (χ4v) is 3.68. The van der Waals surface area contributed by atoms with E-state index in [1.54, 1.807) is 18.2 Å². The summed E-state index contributed by atoms with van der Waals surface area (Å²) in [6.45, 7) is 9.69. The molecule has 0 spiro atoms. The zero-order valence-electron chi connectivity index (χ0n) is 16.5. The average Bonchev–Trinajstić information content (AvgIpc) is 2.60. The monoisotopic (exact) mass is 362 g/mol. The van der Waals surface area contributed by atoms with Crippen LogP contribution in [0, 0.1) is 34.6 Å². The van der Waals surface area contributed by atoms with Gasteiger partial charge in [0.05, 0.1) is 0 Å². The van der Waals surface area contributed by atoms with Gasteiger partial charge in [0.15, 0.2) is 0 Å². The molecule has 0 aromatic heterocycles. The summed E-state index contributed by atoms with van der Waals surface area (Å²) in [5.41, 5.74) is 7.43. The fraction of sp³-hybridized carbons (Fsp3) is 0.250. The van der Waals surface area contributed by atoms with Gasteiger partial charge in [0.1, 0.15) is 17.2 Å². The van der Waals surface area contributed by atoms with Crippen molar-refractivity contribution in [3.05, 3.63) is 87.0 Å². The third-order valence-corrected chi connectivity index (χ3v) is 5.29. The van der Waals surface area contributed by atoms with Crippen molar-refractivity contribution >= 4 is 0 Å². The molecule has 0 heterocycles. The predicted octanol–water partition coefficient (Wildman–Crippen LogP) is 5.53. The van der Waals surface area contributed by atoms with Crippen molar-refractivity contribution in [1.29, 1.82) is 0 Å². The van der Waals surface area contributed by atoms with Crippen molar-refractivity contribution in [3.63, 3.8) is 0 Å². The smallest absolute Gasteiger partial charge is 0.119 e. The van der Waals surface area contributed by atoms with Gasteiger partial charge in [0.2, 0.25) is 0 Å². The van der Waals surface area contributed by atoms with E-state index in [0.29, 0.717) is 0 Å². The summed E-state index contributed by atoms with van der Waals surface area (Å²) in [6, 6.07) is 13.1. The molecule has 3 nitrogen and oxygen atoms in total. The summed E-state index contributed by atoms with van der Waals surface area (Å²) in [7, 11) is 0. The van der Waals surface area contributed by atoms with E-state index in [1.807, 2.05) is 58.9 Å². The summed E-state index contributed by atoms with van der Waals surface area (Å²) in [5.74, 6) is 0.563. The number of aromatic hydroxyl groups is 3. The van der Waals surface area contributed by atoms with Crippen LogP contribution in [0.4, 0.5) is 0 Å². The first-order chi connectivity index (χ1) is 12.7. The zero-order chi connectivity index (χ0) is 19.9. The minimum absolute atomic E-state index is 0.205. The number of rotatable bonds is 3. The van der Waals surface area contributed by atoms with E-state index in [1.165, 1.54) is 0 Å². The fourth-order valence-electron chi connectivity index (χ4n) is 3.68. The summed E-state index contributed by atoms with van der Waals surface area (Å²) in [4.78, 5) is 0. The average molecular weight is 362 g/mol. The van der Waals surface area contributed by atoms with Crippen molar-refractivity contribution in [3.8, 4) is 17.2 Å². The lowest BCUT2D eigenvalue weighted by molar-refractivity contribution is 0.465. The van der Waals surface area contributed by atoms with E-state index in [0.717, 1.165) is 44.5 Å². The van der Waals surface area contributed by atoms with E-state index in [9.17, 15) is 15.3 Å². The molecular formula is C24H26O3. The highest BCUT2D eigenvalue weighted by molar-refractivity contribution is 5.57. The Balaban J connectivity index is 2.36. The van der Waals surface area contributed by atoms with E-state index in [-0.39, 0.29) is 23.2 Å². The zero-order valence-corrected chi connectivity index (χ0v) is 16.5. The highest BCUT2D eigenvalue weighted by atomic mass is 16.3. The molecule has 0 saturated carbocycles. The number of aryl methyl sites for hydroxylation is 5. The molecule has 0 atom stereocenters. The molecule has 3 aromatic carbocycles. The maximum Gasteiger partial charge on any atom is 0.119 e. The highest BCUT2D eigenvalue weighted by Crippen LogP contribution is 2.42. The number of benzene rings is 3. The quantitative estimate of drug-likeness (QED) is 0.537. The van der Waals surface area contributed by atoms with E-state index >= 15 is 0 Å². The third-order valence-electron chi connectivity index (χ3n) is 5.29. The van der Waals surface area contributed by atoms with Gasteiger partial charge in [-0.25, -0.2) is 0 Å². The van der Waals surface area contributed by atoms with Gasteiger partial charge in [-0.05, 0) is 86.2 Å². The van der Waals surface area contributed by atoms with Crippen LogP contribution in [0.25, 0.3) is 0 Å². The molecule has 3 aromatic rings. The van der Waals surface area contributed by atoms with Gasteiger partial charge in [-0.3, -0.25) is 0 Å². The summed E-state index contributed by atoms with van der Waals surface area (Å²) in [5, 5.41) is 30.9. The second kappa shape index (κ2) is 6.99. The standard InChI is InChI=1S/C24H26O3/c1-13-6-7-21(25)20(8-13)24(18-9-16(4)22(26)11-14(18)2)19-10-17(5)23(27)12-15(19)3/h6-12,24-27H,1-5H3. The summed E-state index contributed by atoms with van der Waals surface area (Å²) >= 11 is 0. The van der Waals surface area contributed by atoms with Crippen molar-refractivity contribution in [2.75, 3.05) is 0 Å². The first-order valence-electron chi connectivity index (χ1n) is 9.08. The molecule has 140 valence electrons. The van der Waals surface area contributed by atoms with Crippen molar-refractivity contribution in [2.45, 2.75) is 40.5 Å². The van der Waals surface area contributed by atoms with Gasteiger partial charge in [-0.2, -0.15) is 0 Å². The molecule has 0 unspecified atom stereocenters. The van der Waals surface area contributed by atoms with E-state index < -0.39 is 0 Å². The summed E-state index contributed by atoms with van der Waals surface area (Å²) in [6.07, 6.45) is 0. The molecule has 0 fully saturated rings. The van der Waals surface area contributed by atoms with E-state index in [2.05, 4.69) is 0 Å². The lowest BCUT2D eigenvalue weighted by Gasteiger charge is -2.25. The first kappa shape index (κ1) is 18.8. The Bertz CT molecular complexity index is 961. The molecule has 0 aliphatic rings. The Kier molecular flexibility index (Phi) is 4.88. The molecule has 3 N–H and O–H groups in total. The Labute approximate surface area is 160 Å². The maximum atomic E-state index is 10.7. The van der Waals surface area contributed by atoms with Crippen molar-refractivity contribution < 1.29 is 15.3 Å². The molecule has 0 amide bonds. The van der Waals surface area contributed by atoms with Crippen molar-refractivity contribution in [1.82, 2.24) is 0 Å². The van der Waals surface area contributed by atoms with Gasteiger partial charge in [0.25, 0.3) is 0 Å². The molecular weight excluding hydrogens is 336 g/mol. The normalized spacial score (nSPS) is 11.2. The van der Waals surface area contributed by atoms with Gasteiger partial charge >= 0.3 is 0 Å². The summed E-state index contributed by atoms with van der Waals surface area (Å²) < 4.78 is 0. The molecule has 0 saturated heterocycles. The predicted molar refractivity (Wildman–Crippen MR) is 109 cm³/mol. The van der Waals surface area contributed by atoms with Crippen LogP contribution in [0.1, 0.15) is 50.4 Å². The lowest BCUT2D eigenvalue weighted by atomic mass is 9.79. The van der Waals surface area contributed by atoms with Gasteiger partial charge in [0, 0.05) is 11.5 Å². The molecule has 27 heavy (non-hydrogen) atoms. The van der Waals surface area contributed by atoms with Gasteiger partial charge in [-0.1, -0.05) is 29.8 Å². The Hall–Kier alpha value is -2.94. The Morgan fingerprint density at radius 2 is 1.00 bits per heavy atom. The molecule has 0 aliphatic carbocycles. The second-order valence-electron chi connectivity index (χ2n) is 7.49. The molecule has 3 heteroatoms. The largest absolute Gasteiger partial charge is 0.508 e. The second-order valence-corrected chi connectivity index (χ2v) is 7.49. The Morgan fingerprint density at radius 1 is 0.519 bits per heavy atom. The van der Waals surface area contributed by atoms with Crippen LogP contribution in [-0.2, 0) is 0 Å². The Morgan fingerprint density at radius 3 is 1.48 bits per heavy atom. The molecule has 0 bridgehead atoms. The maximum absolute atomic E-state index is 10.7. The van der Waals surface area contributed by atoms with Crippen LogP contribution in [0.15, 0.2) is 42.5 Å². The SMILES string of the molecule is Cc1ccc(O)c(C(c2cc(C)c(O)cc2C)c2cc(C)c(O)cc2C)c1. The lowest BCUT2D eigenvalue weighted by Crippen LogP contribution is -2.09. The van der Waals surface area contributed by atoms with Crippen LogP contribution in [-0.4, -0.2) is 15.3 Å². The van der Waals surface area contributed by atoms with Crippen LogP contribution in [0.2, 0.25) is 0 Å². The van der Waals surface area contributed by atoms with Crippen LogP contribution in [0.5, 0.6) is 17.2 Å².